The third kappa shape index (κ3) is 4.91. The maximum atomic E-state index is 5.81. The molecule has 2 N–H and O–H groups in total. The highest BCUT2D eigenvalue weighted by atomic mass is 16.5. The number of H-pyrrole nitrogens is 1. The molecule has 1 fully saturated rings. The Morgan fingerprint density at radius 2 is 1.72 bits per heavy atom. The summed E-state index contributed by atoms with van der Waals surface area (Å²) in [7, 11) is 0. The summed E-state index contributed by atoms with van der Waals surface area (Å²) in [5.74, 6) is 0. The summed E-state index contributed by atoms with van der Waals surface area (Å²) in [4.78, 5) is 2.48. The first-order chi connectivity index (χ1) is 12.0. The number of morpholine rings is 1. The second-order valence-corrected chi connectivity index (χ2v) is 7.28. The Labute approximate surface area is 150 Å². The van der Waals surface area contributed by atoms with Gasteiger partial charge in [0.1, 0.15) is 0 Å². The molecule has 136 valence electrons. The molecule has 5 nitrogen and oxygen atoms in total. The SMILES string of the molecule is Cc1n[nH]c(C)c1CNCc1ccc(CN2C[C@@H](C)O[C@H](C)C2)cc1. The van der Waals surface area contributed by atoms with Crippen molar-refractivity contribution in [2.75, 3.05) is 13.1 Å². The van der Waals surface area contributed by atoms with E-state index in [9.17, 15) is 0 Å². The molecule has 5 heteroatoms. The van der Waals surface area contributed by atoms with E-state index in [2.05, 4.69) is 65.5 Å². The number of nitrogens with one attached hydrogen (secondary N) is 2. The van der Waals surface area contributed by atoms with Gasteiger partial charge in [-0.15, -0.1) is 0 Å². The number of rotatable bonds is 6. The van der Waals surface area contributed by atoms with Crippen molar-refractivity contribution in [2.24, 2.45) is 0 Å². The van der Waals surface area contributed by atoms with Crippen LogP contribution in [-0.4, -0.2) is 40.4 Å². The first-order valence-electron chi connectivity index (χ1n) is 9.18. The molecule has 0 bridgehead atoms. The summed E-state index contributed by atoms with van der Waals surface area (Å²) in [6.07, 6.45) is 0.643. The van der Waals surface area contributed by atoms with Crippen LogP contribution in [0.1, 0.15) is 41.9 Å². The minimum atomic E-state index is 0.321. The molecule has 1 aliphatic rings. The second kappa shape index (κ2) is 8.13. The predicted molar refractivity (Wildman–Crippen MR) is 100 cm³/mol. The maximum Gasteiger partial charge on any atom is 0.0678 e. The molecule has 1 aromatic heterocycles. The van der Waals surface area contributed by atoms with Crippen LogP contribution in [0.4, 0.5) is 0 Å². The number of nitrogens with zero attached hydrogens (tertiary/aromatic N) is 2. The number of benzene rings is 1. The predicted octanol–water partition coefficient (Wildman–Crippen LogP) is 2.93. The minimum Gasteiger partial charge on any atom is -0.373 e. The van der Waals surface area contributed by atoms with Crippen LogP contribution >= 0.6 is 0 Å². The van der Waals surface area contributed by atoms with Gasteiger partial charge in [-0.25, -0.2) is 0 Å². The summed E-state index contributed by atoms with van der Waals surface area (Å²) in [5, 5.41) is 10.8. The Morgan fingerprint density at radius 1 is 1.08 bits per heavy atom. The summed E-state index contributed by atoms with van der Waals surface area (Å²) in [5.41, 5.74) is 6.17. The third-order valence-corrected chi connectivity index (χ3v) is 4.84. The molecule has 0 spiro atoms. The van der Waals surface area contributed by atoms with E-state index in [1.807, 2.05) is 6.92 Å². The molecule has 0 aliphatic carbocycles. The molecule has 1 aliphatic heterocycles. The van der Waals surface area contributed by atoms with Crippen molar-refractivity contribution in [3.8, 4) is 0 Å². The van der Waals surface area contributed by atoms with Gasteiger partial charge in [0, 0.05) is 44.0 Å². The zero-order chi connectivity index (χ0) is 17.8. The maximum absolute atomic E-state index is 5.81. The highest BCUT2D eigenvalue weighted by Crippen LogP contribution is 2.15. The number of aromatic nitrogens is 2. The van der Waals surface area contributed by atoms with Crippen molar-refractivity contribution in [1.29, 1.82) is 0 Å². The number of aryl methyl sites for hydroxylation is 2. The van der Waals surface area contributed by atoms with Crippen LogP contribution in [0.3, 0.4) is 0 Å². The molecule has 0 amide bonds. The van der Waals surface area contributed by atoms with Gasteiger partial charge >= 0.3 is 0 Å². The lowest BCUT2D eigenvalue weighted by atomic mass is 10.1. The minimum absolute atomic E-state index is 0.321. The Bertz CT molecular complexity index is 650. The molecular weight excluding hydrogens is 312 g/mol. The molecule has 0 radical (unpaired) electrons. The van der Waals surface area contributed by atoms with Crippen LogP contribution in [0.25, 0.3) is 0 Å². The first-order valence-corrected chi connectivity index (χ1v) is 9.18. The van der Waals surface area contributed by atoms with E-state index in [0.717, 1.165) is 44.1 Å². The van der Waals surface area contributed by atoms with Crippen LogP contribution in [0.15, 0.2) is 24.3 Å². The molecule has 3 rings (SSSR count). The lowest BCUT2D eigenvalue weighted by Crippen LogP contribution is -2.44. The Morgan fingerprint density at radius 3 is 2.32 bits per heavy atom. The smallest absolute Gasteiger partial charge is 0.0678 e. The average Bonchev–Trinajstić information content (AvgIpc) is 2.87. The monoisotopic (exact) mass is 342 g/mol. The number of ether oxygens (including phenoxy) is 1. The van der Waals surface area contributed by atoms with Gasteiger partial charge in [0.25, 0.3) is 0 Å². The fourth-order valence-electron chi connectivity index (χ4n) is 3.60. The molecular formula is C20H30N4O. The molecule has 0 unspecified atom stereocenters. The van der Waals surface area contributed by atoms with Gasteiger partial charge in [0.15, 0.2) is 0 Å². The van der Waals surface area contributed by atoms with Gasteiger partial charge in [-0.1, -0.05) is 24.3 Å². The van der Waals surface area contributed by atoms with Crippen molar-refractivity contribution < 1.29 is 4.74 Å². The van der Waals surface area contributed by atoms with Gasteiger partial charge in [0.2, 0.25) is 0 Å². The van der Waals surface area contributed by atoms with Gasteiger partial charge in [-0.05, 0) is 38.8 Å². The lowest BCUT2D eigenvalue weighted by molar-refractivity contribution is -0.0704. The number of aromatic amines is 1. The largest absolute Gasteiger partial charge is 0.373 e. The van der Waals surface area contributed by atoms with Crippen LogP contribution in [-0.2, 0) is 24.4 Å². The second-order valence-electron chi connectivity index (χ2n) is 7.28. The van der Waals surface area contributed by atoms with E-state index in [1.165, 1.54) is 16.7 Å². The van der Waals surface area contributed by atoms with Crippen LogP contribution < -0.4 is 5.32 Å². The van der Waals surface area contributed by atoms with E-state index < -0.39 is 0 Å². The first kappa shape index (κ1) is 18.1. The number of hydrogen-bond acceptors (Lipinski definition) is 4. The van der Waals surface area contributed by atoms with E-state index in [-0.39, 0.29) is 0 Å². The topological polar surface area (TPSA) is 53.2 Å². The van der Waals surface area contributed by atoms with Gasteiger partial charge in [0.05, 0.1) is 17.9 Å². The standard InChI is InChI=1S/C20H30N4O/c1-14-11-24(12-15(2)25-14)13-19-7-5-18(6-8-19)9-21-10-20-16(3)22-23-17(20)4/h5-8,14-15,21H,9-13H2,1-4H3,(H,22,23)/t14-,15-/m1/s1. The van der Waals surface area contributed by atoms with Crippen LogP contribution in [0, 0.1) is 13.8 Å². The van der Waals surface area contributed by atoms with Crippen molar-refractivity contribution in [3.63, 3.8) is 0 Å². The fraction of sp³-hybridized carbons (Fsp3) is 0.550. The van der Waals surface area contributed by atoms with Crippen molar-refractivity contribution in [1.82, 2.24) is 20.4 Å². The molecule has 2 atom stereocenters. The number of hydrogen-bond donors (Lipinski definition) is 2. The van der Waals surface area contributed by atoms with Gasteiger partial charge in [-0.2, -0.15) is 5.10 Å². The van der Waals surface area contributed by atoms with E-state index >= 15 is 0 Å². The average molecular weight is 342 g/mol. The summed E-state index contributed by atoms with van der Waals surface area (Å²) >= 11 is 0. The Hall–Kier alpha value is -1.69. The third-order valence-electron chi connectivity index (χ3n) is 4.84. The van der Waals surface area contributed by atoms with Crippen LogP contribution in [0.2, 0.25) is 0 Å². The Balaban J connectivity index is 1.49. The normalized spacial score (nSPS) is 21.6. The molecule has 0 saturated carbocycles. The molecule has 2 aromatic rings. The van der Waals surface area contributed by atoms with Gasteiger partial charge in [-0.3, -0.25) is 10.00 Å². The summed E-state index contributed by atoms with van der Waals surface area (Å²) < 4.78 is 5.81. The zero-order valence-electron chi connectivity index (χ0n) is 15.8. The quantitative estimate of drug-likeness (QED) is 0.847. The lowest BCUT2D eigenvalue weighted by Gasteiger charge is -2.35. The fourth-order valence-corrected chi connectivity index (χ4v) is 3.60. The zero-order valence-corrected chi connectivity index (χ0v) is 15.8. The molecule has 25 heavy (non-hydrogen) atoms. The van der Waals surface area contributed by atoms with Crippen molar-refractivity contribution in [3.05, 3.63) is 52.3 Å². The summed E-state index contributed by atoms with van der Waals surface area (Å²) in [6.45, 7) is 13.2. The van der Waals surface area contributed by atoms with E-state index in [4.69, 9.17) is 4.74 Å². The summed E-state index contributed by atoms with van der Waals surface area (Å²) in [6, 6.07) is 8.95. The van der Waals surface area contributed by atoms with Crippen molar-refractivity contribution >= 4 is 0 Å². The molecule has 1 saturated heterocycles. The van der Waals surface area contributed by atoms with Gasteiger partial charge < -0.3 is 10.1 Å². The van der Waals surface area contributed by atoms with Crippen LogP contribution in [0.5, 0.6) is 0 Å². The highest BCUT2D eigenvalue weighted by Gasteiger charge is 2.21. The molecule has 2 heterocycles. The van der Waals surface area contributed by atoms with E-state index in [1.54, 1.807) is 0 Å². The molecule has 1 aromatic carbocycles. The van der Waals surface area contributed by atoms with Crippen molar-refractivity contribution in [2.45, 2.75) is 59.5 Å². The Kier molecular flexibility index (Phi) is 5.89. The van der Waals surface area contributed by atoms with E-state index in [0.29, 0.717) is 12.2 Å². The highest BCUT2D eigenvalue weighted by molar-refractivity contribution is 5.24.